The summed E-state index contributed by atoms with van der Waals surface area (Å²) >= 11 is 5.69. The van der Waals surface area contributed by atoms with Gasteiger partial charge in [0.1, 0.15) is 4.90 Å². The molecule has 86 valence electrons. The molecule has 0 saturated carbocycles. The van der Waals surface area contributed by atoms with Crippen LogP contribution in [0.25, 0.3) is 6.08 Å². The van der Waals surface area contributed by atoms with Crippen LogP contribution in [-0.2, 0) is 14.8 Å². The van der Waals surface area contributed by atoms with E-state index < -0.39 is 16.0 Å². The second kappa shape index (κ2) is 4.65. The number of primary sulfonamides is 1. The third-order valence-electron chi connectivity index (χ3n) is 1.68. The van der Waals surface area contributed by atoms with E-state index in [1.54, 1.807) is 0 Å². The molecule has 3 N–H and O–H groups in total. The molecule has 0 radical (unpaired) electrons. The third kappa shape index (κ3) is 3.34. The van der Waals surface area contributed by atoms with Crippen molar-refractivity contribution in [2.75, 3.05) is 0 Å². The smallest absolute Gasteiger partial charge is 0.328 e. The van der Waals surface area contributed by atoms with Crippen LogP contribution in [0, 0.1) is 0 Å². The molecule has 16 heavy (non-hydrogen) atoms. The van der Waals surface area contributed by atoms with Gasteiger partial charge in [-0.15, -0.1) is 0 Å². The highest BCUT2D eigenvalue weighted by Crippen LogP contribution is 2.21. The number of halogens is 1. The number of nitrogens with two attached hydrogens (primary N) is 1. The summed E-state index contributed by atoms with van der Waals surface area (Å²) in [6.45, 7) is 0. The van der Waals surface area contributed by atoms with Crippen molar-refractivity contribution >= 4 is 33.7 Å². The summed E-state index contributed by atoms with van der Waals surface area (Å²) in [5.41, 5.74) is 0.472. The van der Waals surface area contributed by atoms with E-state index >= 15 is 0 Å². The van der Waals surface area contributed by atoms with Crippen LogP contribution < -0.4 is 5.14 Å². The Morgan fingerprint density at radius 1 is 1.44 bits per heavy atom. The predicted molar refractivity (Wildman–Crippen MR) is 59.5 cm³/mol. The molecule has 0 aliphatic carbocycles. The van der Waals surface area contributed by atoms with Crippen molar-refractivity contribution in [2.45, 2.75) is 4.90 Å². The molecule has 0 heterocycles. The zero-order valence-corrected chi connectivity index (χ0v) is 9.49. The minimum absolute atomic E-state index is 0.0463. The number of benzene rings is 1. The Bertz CT molecular complexity index is 551. The number of sulfonamides is 1. The van der Waals surface area contributed by atoms with Gasteiger partial charge in [-0.25, -0.2) is 18.4 Å². The maximum absolute atomic E-state index is 11.0. The number of rotatable bonds is 3. The van der Waals surface area contributed by atoms with Gasteiger partial charge in [0.15, 0.2) is 0 Å². The first-order valence-electron chi connectivity index (χ1n) is 4.04. The number of aliphatic carboxylic acids is 1. The number of hydrogen-bond acceptors (Lipinski definition) is 3. The van der Waals surface area contributed by atoms with Gasteiger partial charge in [-0.1, -0.05) is 17.7 Å². The lowest BCUT2D eigenvalue weighted by atomic mass is 10.2. The van der Waals surface area contributed by atoms with Gasteiger partial charge in [-0.05, 0) is 23.8 Å². The van der Waals surface area contributed by atoms with Gasteiger partial charge in [0.25, 0.3) is 0 Å². The monoisotopic (exact) mass is 261 g/mol. The quantitative estimate of drug-likeness (QED) is 0.796. The highest BCUT2D eigenvalue weighted by molar-refractivity contribution is 7.89. The van der Waals surface area contributed by atoms with Crippen molar-refractivity contribution in [3.05, 3.63) is 34.9 Å². The van der Waals surface area contributed by atoms with E-state index in [1.807, 2.05) is 0 Å². The summed E-state index contributed by atoms with van der Waals surface area (Å²) in [6, 6.07) is 3.95. The second-order valence-electron chi connectivity index (χ2n) is 2.91. The molecular weight excluding hydrogens is 254 g/mol. The average Bonchev–Trinajstić information content (AvgIpc) is 2.12. The number of carboxylic acids is 1. The summed E-state index contributed by atoms with van der Waals surface area (Å²) in [4.78, 5) is 10.1. The largest absolute Gasteiger partial charge is 0.478 e. The summed E-state index contributed by atoms with van der Waals surface area (Å²) < 4.78 is 22.0. The lowest BCUT2D eigenvalue weighted by Crippen LogP contribution is -2.12. The standard InChI is InChI=1S/C9H8ClNO4S/c10-7-5-6(2-4-9(12)13)1-3-8(7)16(11,14)15/h1-5H,(H,12,13)(H2,11,14,15)/b4-2+. The maximum atomic E-state index is 11.0. The van der Waals surface area contributed by atoms with Crippen molar-refractivity contribution in [1.29, 1.82) is 0 Å². The average molecular weight is 262 g/mol. The summed E-state index contributed by atoms with van der Waals surface area (Å²) in [6.07, 6.45) is 2.21. The van der Waals surface area contributed by atoms with Gasteiger partial charge in [0, 0.05) is 6.08 Å². The van der Waals surface area contributed by atoms with Crippen LogP contribution in [-0.4, -0.2) is 19.5 Å². The molecule has 7 heteroatoms. The SMILES string of the molecule is NS(=O)(=O)c1ccc(/C=C/C(=O)O)cc1Cl. The molecule has 0 fully saturated rings. The third-order valence-corrected chi connectivity index (χ3v) is 3.07. The van der Waals surface area contributed by atoms with Gasteiger partial charge in [-0.3, -0.25) is 0 Å². The van der Waals surface area contributed by atoms with Crippen molar-refractivity contribution < 1.29 is 18.3 Å². The Balaban J connectivity index is 3.15. The van der Waals surface area contributed by atoms with Gasteiger partial charge in [0.05, 0.1) is 5.02 Å². The first-order valence-corrected chi connectivity index (χ1v) is 5.96. The normalized spacial score (nSPS) is 11.9. The molecule has 1 aromatic rings. The number of carboxylic acid groups (broad SMARTS) is 1. The minimum atomic E-state index is -3.85. The number of hydrogen-bond donors (Lipinski definition) is 2. The van der Waals surface area contributed by atoms with Crippen LogP contribution in [0.5, 0.6) is 0 Å². The van der Waals surface area contributed by atoms with Crippen LogP contribution in [0.15, 0.2) is 29.2 Å². The summed E-state index contributed by atoms with van der Waals surface area (Å²) in [5.74, 6) is -1.10. The fourth-order valence-electron chi connectivity index (χ4n) is 1.02. The molecule has 0 aliphatic heterocycles. The van der Waals surface area contributed by atoms with Crippen LogP contribution >= 0.6 is 11.6 Å². The van der Waals surface area contributed by atoms with Crippen LogP contribution in [0.1, 0.15) is 5.56 Å². The summed E-state index contributed by atoms with van der Waals surface area (Å²) in [7, 11) is -3.85. The molecule has 0 unspecified atom stereocenters. The van der Waals surface area contributed by atoms with E-state index in [-0.39, 0.29) is 9.92 Å². The molecule has 0 saturated heterocycles. The molecule has 5 nitrogen and oxygen atoms in total. The zero-order valence-electron chi connectivity index (χ0n) is 7.92. The number of carbonyl (C=O) groups is 1. The van der Waals surface area contributed by atoms with E-state index in [0.717, 1.165) is 6.08 Å². The van der Waals surface area contributed by atoms with Crippen LogP contribution in [0.2, 0.25) is 5.02 Å². The fourth-order valence-corrected chi connectivity index (χ4v) is 2.12. The first-order chi connectivity index (χ1) is 7.30. The highest BCUT2D eigenvalue weighted by atomic mass is 35.5. The Labute approximate surface area is 97.2 Å². The van der Waals surface area contributed by atoms with Crippen molar-refractivity contribution in [2.24, 2.45) is 5.14 Å². The van der Waals surface area contributed by atoms with E-state index in [0.29, 0.717) is 5.56 Å². The molecule has 0 atom stereocenters. The second-order valence-corrected chi connectivity index (χ2v) is 4.84. The lowest BCUT2D eigenvalue weighted by Gasteiger charge is -2.02. The van der Waals surface area contributed by atoms with Gasteiger partial charge >= 0.3 is 5.97 Å². The van der Waals surface area contributed by atoms with Crippen molar-refractivity contribution in [3.8, 4) is 0 Å². The molecule has 1 rings (SSSR count). The lowest BCUT2D eigenvalue weighted by molar-refractivity contribution is -0.131. The van der Waals surface area contributed by atoms with E-state index in [1.165, 1.54) is 24.3 Å². The van der Waals surface area contributed by atoms with Gasteiger partial charge in [-0.2, -0.15) is 0 Å². The van der Waals surface area contributed by atoms with E-state index in [9.17, 15) is 13.2 Å². The summed E-state index contributed by atoms with van der Waals surface area (Å²) in [5, 5.41) is 13.3. The van der Waals surface area contributed by atoms with Gasteiger partial charge in [0.2, 0.25) is 10.0 Å². The fraction of sp³-hybridized carbons (Fsp3) is 0. The van der Waals surface area contributed by atoms with Gasteiger partial charge < -0.3 is 5.11 Å². The van der Waals surface area contributed by atoms with E-state index in [2.05, 4.69) is 0 Å². The van der Waals surface area contributed by atoms with Crippen LogP contribution in [0.4, 0.5) is 0 Å². The Morgan fingerprint density at radius 3 is 2.50 bits per heavy atom. The molecule has 0 spiro atoms. The topological polar surface area (TPSA) is 97.5 Å². The van der Waals surface area contributed by atoms with E-state index in [4.69, 9.17) is 21.8 Å². The molecule has 0 bridgehead atoms. The molecule has 0 amide bonds. The molecule has 0 aliphatic rings. The maximum Gasteiger partial charge on any atom is 0.328 e. The molecule has 0 aromatic heterocycles. The Hall–Kier alpha value is -1.37. The first kappa shape index (κ1) is 12.7. The highest BCUT2D eigenvalue weighted by Gasteiger charge is 2.12. The van der Waals surface area contributed by atoms with Crippen molar-refractivity contribution in [3.63, 3.8) is 0 Å². The molecule has 1 aromatic carbocycles. The Morgan fingerprint density at radius 2 is 2.06 bits per heavy atom. The van der Waals surface area contributed by atoms with Crippen molar-refractivity contribution in [1.82, 2.24) is 0 Å². The minimum Gasteiger partial charge on any atom is -0.478 e. The zero-order chi connectivity index (χ0) is 12.3. The predicted octanol–water partition coefficient (Wildman–Crippen LogP) is 1.09. The van der Waals surface area contributed by atoms with Crippen LogP contribution in [0.3, 0.4) is 0 Å². The Kier molecular flexibility index (Phi) is 3.69. The molecular formula is C9H8ClNO4S.